The van der Waals surface area contributed by atoms with E-state index in [-0.39, 0.29) is 6.04 Å². The Morgan fingerprint density at radius 2 is 2.38 bits per heavy atom. The minimum Gasteiger partial charge on any atom is -0.347 e. The molecule has 0 aliphatic heterocycles. The van der Waals surface area contributed by atoms with E-state index in [4.69, 9.17) is 0 Å². The highest BCUT2D eigenvalue weighted by Gasteiger charge is 2.20. The largest absolute Gasteiger partial charge is 0.347 e. The topological polar surface area (TPSA) is 74.8 Å². The molecule has 0 saturated heterocycles. The van der Waals surface area contributed by atoms with Crippen LogP contribution in [0.5, 0.6) is 0 Å². The Kier molecular flexibility index (Phi) is 3.08. The summed E-state index contributed by atoms with van der Waals surface area (Å²) in [5.41, 5.74) is 0. The molecule has 0 bridgehead atoms. The Labute approximate surface area is 97.6 Å². The predicted octanol–water partition coefficient (Wildman–Crippen LogP) is 1.51. The molecule has 2 aromatic heterocycles. The van der Waals surface area contributed by atoms with Crippen LogP contribution in [-0.2, 0) is 10.0 Å². The molecule has 16 heavy (non-hydrogen) atoms. The van der Waals surface area contributed by atoms with Crippen LogP contribution in [0.1, 0.15) is 18.8 Å². The smallest absolute Gasteiger partial charge is 0.250 e. The molecule has 2 rings (SSSR count). The van der Waals surface area contributed by atoms with Crippen LogP contribution in [0.2, 0.25) is 0 Å². The predicted molar refractivity (Wildman–Crippen MR) is 61.6 cm³/mol. The van der Waals surface area contributed by atoms with Gasteiger partial charge in [-0.15, -0.1) is 11.3 Å². The van der Waals surface area contributed by atoms with Gasteiger partial charge in [0.05, 0.1) is 6.04 Å². The van der Waals surface area contributed by atoms with Crippen LogP contribution in [0, 0.1) is 0 Å². The fourth-order valence-electron chi connectivity index (χ4n) is 1.28. The van der Waals surface area contributed by atoms with E-state index in [1.54, 1.807) is 36.8 Å². The number of imidazole rings is 1. The first-order chi connectivity index (χ1) is 7.59. The van der Waals surface area contributed by atoms with Crippen molar-refractivity contribution in [2.75, 3.05) is 0 Å². The third-order valence-corrected chi connectivity index (χ3v) is 4.96. The van der Waals surface area contributed by atoms with Gasteiger partial charge in [0.25, 0.3) is 10.0 Å². The van der Waals surface area contributed by atoms with Crippen LogP contribution in [0.3, 0.4) is 0 Å². The summed E-state index contributed by atoms with van der Waals surface area (Å²) in [5, 5.41) is 1.73. The van der Waals surface area contributed by atoms with Crippen LogP contribution >= 0.6 is 11.3 Å². The van der Waals surface area contributed by atoms with Gasteiger partial charge in [0.1, 0.15) is 10.0 Å². The van der Waals surface area contributed by atoms with Crippen LogP contribution < -0.4 is 4.72 Å². The number of sulfonamides is 1. The Morgan fingerprint density at radius 3 is 2.94 bits per heavy atom. The van der Waals surface area contributed by atoms with Gasteiger partial charge in [-0.25, -0.2) is 18.1 Å². The van der Waals surface area contributed by atoms with Gasteiger partial charge in [0, 0.05) is 12.4 Å². The Morgan fingerprint density at radius 1 is 1.56 bits per heavy atom. The minimum atomic E-state index is -3.43. The first-order valence-electron chi connectivity index (χ1n) is 4.65. The van der Waals surface area contributed by atoms with Crippen LogP contribution in [0.4, 0.5) is 0 Å². The van der Waals surface area contributed by atoms with Gasteiger partial charge in [0.2, 0.25) is 0 Å². The van der Waals surface area contributed by atoms with Crippen molar-refractivity contribution in [2.24, 2.45) is 0 Å². The van der Waals surface area contributed by atoms with E-state index in [1.165, 1.54) is 11.3 Å². The normalized spacial score (nSPS) is 13.8. The second-order valence-electron chi connectivity index (χ2n) is 3.25. The Bertz CT molecular complexity index is 531. The van der Waals surface area contributed by atoms with Crippen molar-refractivity contribution in [3.63, 3.8) is 0 Å². The van der Waals surface area contributed by atoms with Gasteiger partial charge < -0.3 is 4.98 Å². The van der Waals surface area contributed by atoms with Crippen LogP contribution in [-0.4, -0.2) is 18.4 Å². The zero-order valence-electron chi connectivity index (χ0n) is 8.54. The maximum absolute atomic E-state index is 11.9. The van der Waals surface area contributed by atoms with Gasteiger partial charge in [0.15, 0.2) is 0 Å². The molecule has 0 spiro atoms. The Balaban J connectivity index is 2.16. The number of aromatic amines is 1. The minimum absolute atomic E-state index is 0.311. The lowest BCUT2D eigenvalue weighted by Gasteiger charge is -2.10. The van der Waals surface area contributed by atoms with E-state index < -0.39 is 10.0 Å². The summed E-state index contributed by atoms with van der Waals surface area (Å²) in [6.07, 6.45) is 3.25. The number of thiophene rings is 1. The molecule has 0 fully saturated rings. The molecule has 0 aromatic carbocycles. The molecule has 0 amide bonds. The number of hydrogen-bond acceptors (Lipinski definition) is 4. The lowest BCUT2D eigenvalue weighted by Crippen LogP contribution is -2.26. The molecule has 7 heteroatoms. The first kappa shape index (κ1) is 11.3. The van der Waals surface area contributed by atoms with E-state index in [2.05, 4.69) is 14.7 Å². The average Bonchev–Trinajstić information content (AvgIpc) is 2.91. The van der Waals surface area contributed by atoms with Crippen LogP contribution in [0.15, 0.2) is 34.1 Å². The number of nitrogens with zero attached hydrogens (tertiary/aromatic N) is 1. The molecular weight excluding hydrogens is 246 g/mol. The van der Waals surface area contributed by atoms with Crippen molar-refractivity contribution in [3.8, 4) is 0 Å². The molecule has 0 radical (unpaired) electrons. The summed E-state index contributed by atoms with van der Waals surface area (Å²) in [5.74, 6) is 0.597. The molecule has 1 atom stereocenters. The van der Waals surface area contributed by atoms with E-state index in [9.17, 15) is 8.42 Å². The van der Waals surface area contributed by atoms with Crippen LogP contribution in [0.25, 0.3) is 0 Å². The highest BCUT2D eigenvalue weighted by Crippen LogP contribution is 2.18. The van der Waals surface area contributed by atoms with Gasteiger partial charge in [-0.2, -0.15) is 0 Å². The molecule has 86 valence electrons. The van der Waals surface area contributed by atoms with Crippen molar-refractivity contribution in [1.82, 2.24) is 14.7 Å². The molecule has 0 aliphatic rings. The number of rotatable bonds is 4. The summed E-state index contributed by atoms with van der Waals surface area (Å²) in [6.45, 7) is 1.74. The molecule has 0 saturated carbocycles. The monoisotopic (exact) mass is 257 g/mol. The zero-order chi connectivity index (χ0) is 11.6. The standard InChI is InChI=1S/C9H11N3O2S2/c1-7(9-10-4-5-11-9)12-16(13,14)8-3-2-6-15-8/h2-7,12H,1H3,(H,10,11). The van der Waals surface area contributed by atoms with Crippen molar-refractivity contribution in [1.29, 1.82) is 0 Å². The maximum Gasteiger partial charge on any atom is 0.250 e. The maximum atomic E-state index is 11.9. The molecular formula is C9H11N3O2S2. The summed E-state index contributed by atoms with van der Waals surface area (Å²) in [4.78, 5) is 6.87. The number of H-pyrrole nitrogens is 1. The second kappa shape index (κ2) is 4.36. The highest BCUT2D eigenvalue weighted by molar-refractivity contribution is 7.91. The van der Waals surface area contributed by atoms with Gasteiger partial charge in [-0.1, -0.05) is 6.07 Å². The summed E-state index contributed by atoms with van der Waals surface area (Å²) in [6, 6.07) is 2.90. The van der Waals surface area contributed by atoms with E-state index in [0.29, 0.717) is 10.0 Å². The average molecular weight is 257 g/mol. The summed E-state index contributed by atoms with van der Waals surface area (Å²) < 4.78 is 26.6. The molecule has 2 aromatic rings. The fourth-order valence-corrected chi connectivity index (χ4v) is 3.49. The van der Waals surface area contributed by atoms with E-state index >= 15 is 0 Å². The third-order valence-electron chi connectivity index (χ3n) is 2.02. The van der Waals surface area contributed by atoms with Gasteiger partial charge in [-0.05, 0) is 18.4 Å². The SMILES string of the molecule is CC(NS(=O)(=O)c1cccs1)c1ncc[nH]1. The number of aromatic nitrogens is 2. The van der Waals surface area contributed by atoms with Crippen molar-refractivity contribution < 1.29 is 8.42 Å². The van der Waals surface area contributed by atoms with Crippen molar-refractivity contribution in [2.45, 2.75) is 17.2 Å². The third kappa shape index (κ3) is 2.31. The van der Waals surface area contributed by atoms with Gasteiger partial charge >= 0.3 is 0 Å². The fraction of sp³-hybridized carbons (Fsp3) is 0.222. The molecule has 0 aliphatic carbocycles. The quantitative estimate of drug-likeness (QED) is 0.871. The molecule has 2 N–H and O–H groups in total. The highest BCUT2D eigenvalue weighted by atomic mass is 32.2. The van der Waals surface area contributed by atoms with Crippen molar-refractivity contribution in [3.05, 3.63) is 35.7 Å². The summed E-state index contributed by atoms with van der Waals surface area (Å²) in [7, 11) is -3.43. The van der Waals surface area contributed by atoms with E-state index in [1.807, 2.05) is 0 Å². The van der Waals surface area contributed by atoms with Crippen molar-refractivity contribution >= 4 is 21.4 Å². The summed E-state index contributed by atoms with van der Waals surface area (Å²) >= 11 is 1.19. The zero-order valence-corrected chi connectivity index (χ0v) is 10.2. The second-order valence-corrected chi connectivity index (χ2v) is 6.14. The molecule has 2 heterocycles. The number of nitrogens with one attached hydrogen (secondary N) is 2. The lowest BCUT2D eigenvalue weighted by atomic mass is 10.3. The first-order valence-corrected chi connectivity index (χ1v) is 7.01. The van der Waals surface area contributed by atoms with E-state index in [0.717, 1.165) is 0 Å². The Hall–Kier alpha value is -1.18. The lowest BCUT2D eigenvalue weighted by molar-refractivity contribution is 0.563. The van der Waals surface area contributed by atoms with Gasteiger partial charge in [-0.3, -0.25) is 0 Å². The molecule has 1 unspecified atom stereocenters. The number of hydrogen-bond donors (Lipinski definition) is 2. The molecule has 5 nitrogen and oxygen atoms in total.